The number of hydrogen-bond acceptors (Lipinski definition) is 4. The average molecular weight is 355 g/mol. The number of nitro groups is 1. The summed E-state index contributed by atoms with van der Waals surface area (Å²) in [7, 11) is 0. The van der Waals surface area contributed by atoms with Crippen LogP contribution in [0.4, 0.5) is 11.4 Å². The molecule has 120 valence electrons. The van der Waals surface area contributed by atoms with Crippen molar-refractivity contribution in [3.05, 3.63) is 62.1 Å². The minimum Gasteiger partial charge on any atom is -0.484 e. The molecule has 0 fully saturated rings. The Morgan fingerprint density at radius 2 is 1.96 bits per heavy atom. The standard InChI is InChI=1S/C15H12Cl2N2O4/c1-9-6-10(19(21)22)2-5-14(9)18-15(20)8-23-11-3-4-12(16)13(17)7-11/h2-7H,8H2,1H3,(H,18,20). The van der Waals surface area contributed by atoms with Gasteiger partial charge < -0.3 is 10.1 Å². The number of halogens is 2. The van der Waals surface area contributed by atoms with Crippen molar-refractivity contribution in [3.8, 4) is 5.75 Å². The number of amides is 1. The normalized spacial score (nSPS) is 10.2. The Hall–Kier alpha value is -2.31. The van der Waals surface area contributed by atoms with E-state index in [1.807, 2.05) is 0 Å². The van der Waals surface area contributed by atoms with Crippen molar-refractivity contribution in [2.24, 2.45) is 0 Å². The molecule has 0 aromatic heterocycles. The third-order valence-electron chi connectivity index (χ3n) is 2.96. The molecule has 2 aromatic carbocycles. The van der Waals surface area contributed by atoms with Gasteiger partial charge in [0.15, 0.2) is 6.61 Å². The monoisotopic (exact) mass is 354 g/mol. The van der Waals surface area contributed by atoms with Gasteiger partial charge in [-0.1, -0.05) is 23.2 Å². The lowest BCUT2D eigenvalue weighted by Crippen LogP contribution is -2.20. The summed E-state index contributed by atoms with van der Waals surface area (Å²) in [5.74, 6) is 0.0167. The molecule has 2 rings (SSSR count). The van der Waals surface area contributed by atoms with Crippen LogP contribution in [0.5, 0.6) is 5.75 Å². The number of aryl methyl sites for hydroxylation is 1. The first-order valence-corrected chi connectivity index (χ1v) is 7.25. The van der Waals surface area contributed by atoms with E-state index in [9.17, 15) is 14.9 Å². The number of hydrogen-bond donors (Lipinski definition) is 1. The lowest BCUT2D eigenvalue weighted by Gasteiger charge is -2.10. The predicted molar refractivity (Wildman–Crippen MR) is 88.4 cm³/mol. The highest BCUT2D eigenvalue weighted by Gasteiger charge is 2.11. The van der Waals surface area contributed by atoms with Gasteiger partial charge in [-0.2, -0.15) is 0 Å². The maximum atomic E-state index is 11.9. The number of nitro benzene ring substituents is 1. The molecule has 0 heterocycles. The molecule has 0 radical (unpaired) electrons. The number of anilines is 1. The molecule has 0 aliphatic heterocycles. The van der Waals surface area contributed by atoms with Crippen molar-refractivity contribution in [2.45, 2.75) is 6.92 Å². The lowest BCUT2D eigenvalue weighted by atomic mass is 10.2. The Balaban J connectivity index is 1.97. The van der Waals surface area contributed by atoms with Crippen molar-refractivity contribution >= 4 is 40.5 Å². The fourth-order valence-corrected chi connectivity index (χ4v) is 2.09. The fourth-order valence-electron chi connectivity index (χ4n) is 1.80. The maximum Gasteiger partial charge on any atom is 0.269 e. The maximum absolute atomic E-state index is 11.9. The first-order chi connectivity index (χ1) is 10.9. The number of non-ortho nitro benzene ring substituents is 1. The van der Waals surface area contributed by atoms with Crippen LogP contribution in [0.2, 0.25) is 10.0 Å². The Morgan fingerprint density at radius 3 is 2.57 bits per heavy atom. The van der Waals surface area contributed by atoms with Crippen molar-refractivity contribution < 1.29 is 14.5 Å². The van der Waals surface area contributed by atoms with Gasteiger partial charge in [0.2, 0.25) is 0 Å². The third kappa shape index (κ3) is 4.58. The highest BCUT2D eigenvalue weighted by atomic mass is 35.5. The van der Waals surface area contributed by atoms with Gasteiger partial charge in [-0.15, -0.1) is 0 Å². The van der Waals surface area contributed by atoms with Gasteiger partial charge in [0, 0.05) is 23.9 Å². The van der Waals surface area contributed by atoms with Crippen LogP contribution >= 0.6 is 23.2 Å². The Labute approximate surface area is 142 Å². The summed E-state index contributed by atoms with van der Waals surface area (Å²) in [5, 5.41) is 14.0. The number of nitrogens with zero attached hydrogens (tertiary/aromatic N) is 1. The predicted octanol–water partition coefficient (Wildman–Crippen LogP) is 4.23. The molecule has 0 aliphatic rings. The van der Waals surface area contributed by atoms with Crippen LogP contribution in [0.1, 0.15) is 5.56 Å². The van der Waals surface area contributed by atoms with Crippen LogP contribution in [-0.4, -0.2) is 17.4 Å². The summed E-state index contributed by atoms with van der Waals surface area (Å²) in [6, 6.07) is 8.85. The highest BCUT2D eigenvalue weighted by molar-refractivity contribution is 6.42. The molecule has 1 N–H and O–H groups in total. The van der Waals surface area contributed by atoms with Gasteiger partial charge in [-0.25, -0.2) is 0 Å². The Morgan fingerprint density at radius 1 is 1.22 bits per heavy atom. The number of carbonyl (C=O) groups excluding carboxylic acids is 1. The van der Waals surface area contributed by atoms with Crippen LogP contribution in [0.3, 0.4) is 0 Å². The van der Waals surface area contributed by atoms with Gasteiger partial charge >= 0.3 is 0 Å². The van der Waals surface area contributed by atoms with E-state index in [0.717, 1.165) is 0 Å². The number of rotatable bonds is 5. The average Bonchev–Trinajstić information content (AvgIpc) is 2.50. The number of carbonyl (C=O) groups is 1. The first-order valence-electron chi connectivity index (χ1n) is 6.49. The number of ether oxygens (including phenoxy) is 1. The summed E-state index contributed by atoms with van der Waals surface area (Å²) in [6.45, 7) is 1.44. The molecule has 0 aliphatic carbocycles. The Bertz CT molecular complexity index is 765. The van der Waals surface area contributed by atoms with Crippen LogP contribution in [0.25, 0.3) is 0 Å². The van der Waals surface area contributed by atoms with E-state index in [-0.39, 0.29) is 12.3 Å². The van der Waals surface area contributed by atoms with E-state index in [0.29, 0.717) is 27.0 Å². The smallest absolute Gasteiger partial charge is 0.269 e. The van der Waals surface area contributed by atoms with Gasteiger partial charge in [0.25, 0.3) is 11.6 Å². The zero-order valence-corrected chi connectivity index (χ0v) is 13.5. The van der Waals surface area contributed by atoms with Crippen molar-refractivity contribution in [2.75, 3.05) is 11.9 Å². The number of benzene rings is 2. The SMILES string of the molecule is Cc1cc([N+](=O)[O-])ccc1NC(=O)COc1ccc(Cl)c(Cl)c1. The van der Waals surface area contributed by atoms with Gasteiger partial charge in [-0.3, -0.25) is 14.9 Å². The summed E-state index contributed by atoms with van der Waals surface area (Å²) in [4.78, 5) is 22.1. The molecule has 2 aromatic rings. The summed E-state index contributed by atoms with van der Waals surface area (Å²) in [5.41, 5.74) is 1.04. The van der Waals surface area contributed by atoms with Crippen molar-refractivity contribution in [1.29, 1.82) is 0 Å². The molecule has 6 nitrogen and oxygen atoms in total. The zero-order valence-electron chi connectivity index (χ0n) is 12.0. The molecule has 23 heavy (non-hydrogen) atoms. The minimum atomic E-state index is -0.494. The van der Waals surface area contributed by atoms with Crippen LogP contribution in [0, 0.1) is 17.0 Å². The van der Waals surface area contributed by atoms with Crippen molar-refractivity contribution in [1.82, 2.24) is 0 Å². The van der Waals surface area contributed by atoms with Gasteiger partial charge in [0.05, 0.1) is 15.0 Å². The van der Waals surface area contributed by atoms with Crippen LogP contribution in [0.15, 0.2) is 36.4 Å². The van der Waals surface area contributed by atoms with E-state index < -0.39 is 10.8 Å². The molecule has 8 heteroatoms. The van der Waals surface area contributed by atoms with E-state index in [2.05, 4.69) is 5.32 Å². The van der Waals surface area contributed by atoms with E-state index >= 15 is 0 Å². The molecular weight excluding hydrogens is 343 g/mol. The fraction of sp³-hybridized carbons (Fsp3) is 0.133. The second-order valence-electron chi connectivity index (χ2n) is 4.67. The summed E-state index contributed by atoms with van der Waals surface area (Å²) < 4.78 is 5.31. The molecule has 0 unspecified atom stereocenters. The summed E-state index contributed by atoms with van der Waals surface area (Å²) in [6.07, 6.45) is 0. The topological polar surface area (TPSA) is 81.5 Å². The van der Waals surface area contributed by atoms with E-state index in [1.165, 1.54) is 24.3 Å². The molecular formula is C15H12Cl2N2O4. The van der Waals surface area contributed by atoms with E-state index in [1.54, 1.807) is 19.1 Å². The first kappa shape index (κ1) is 17.1. The quantitative estimate of drug-likeness (QED) is 0.643. The number of nitrogens with one attached hydrogen (secondary N) is 1. The molecule has 0 atom stereocenters. The molecule has 0 saturated heterocycles. The van der Waals surface area contributed by atoms with E-state index in [4.69, 9.17) is 27.9 Å². The van der Waals surface area contributed by atoms with Crippen LogP contribution in [-0.2, 0) is 4.79 Å². The van der Waals surface area contributed by atoms with Crippen LogP contribution < -0.4 is 10.1 Å². The van der Waals surface area contributed by atoms with Crippen molar-refractivity contribution in [3.63, 3.8) is 0 Å². The third-order valence-corrected chi connectivity index (χ3v) is 3.69. The molecule has 0 spiro atoms. The molecule has 0 saturated carbocycles. The Kier molecular flexibility index (Phi) is 5.41. The zero-order chi connectivity index (χ0) is 17.0. The highest BCUT2D eigenvalue weighted by Crippen LogP contribution is 2.26. The largest absolute Gasteiger partial charge is 0.484 e. The summed E-state index contributed by atoms with van der Waals surface area (Å²) >= 11 is 11.6. The van der Waals surface area contributed by atoms with Gasteiger partial charge in [-0.05, 0) is 30.7 Å². The second-order valence-corrected chi connectivity index (χ2v) is 5.48. The minimum absolute atomic E-state index is 0.0347. The lowest BCUT2D eigenvalue weighted by molar-refractivity contribution is -0.384. The van der Waals surface area contributed by atoms with Gasteiger partial charge in [0.1, 0.15) is 5.75 Å². The second kappa shape index (κ2) is 7.30. The molecule has 0 bridgehead atoms. The molecule has 1 amide bonds.